The topological polar surface area (TPSA) is 58.6 Å². The Morgan fingerprint density at radius 3 is 2.12 bits per heavy atom. The minimum absolute atomic E-state index is 0.0414. The van der Waals surface area contributed by atoms with Gasteiger partial charge in [0.2, 0.25) is 5.91 Å². The lowest BCUT2D eigenvalue weighted by atomic mass is 10.0. The van der Waals surface area contributed by atoms with Gasteiger partial charge in [0.1, 0.15) is 11.8 Å². The van der Waals surface area contributed by atoms with Crippen LogP contribution in [0, 0.1) is 0 Å². The van der Waals surface area contributed by atoms with Crippen molar-refractivity contribution < 1.29 is 14.3 Å². The number of hydrogen-bond acceptors (Lipinski definition) is 3. The van der Waals surface area contributed by atoms with Crippen molar-refractivity contribution in [3.8, 4) is 5.75 Å². The molecule has 0 aliphatic heterocycles. The van der Waals surface area contributed by atoms with Gasteiger partial charge in [-0.25, -0.2) is 0 Å². The van der Waals surface area contributed by atoms with E-state index in [-0.39, 0.29) is 24.5 Å². The predicted molar refractivity (Wildman–Crippen MR) is 130 cm³/mol. The van der Waals surface area contributed by atoms with Gasteiger partial charge in [0.15, 0.2) is 6.61 Å². The van der Waals surface area contributed by atoms with E-state index in [0.717, 1.165) is 12.0 Å². The highest BCUT2D eigenvalue weighted by molar-refractivity contribution is 6.30. The van der Waals surface area contributed by atoms with Gasteiger partial charge in [-0.15, -0.1) is 0 Å². The number of carbonyl (C=O) groups is 2. The monoisotopic (exact) mass is 458 g/mol. The fourth-order valence-corrected chi connectivity index (χ4v) is 3.45. The molecule has 0 radical (unpaired) electrons. The molecule has 1 N–H and O–H groups in total. The fraction of sp³-hybridized carbons (Fsp3) is 0.462. The molecule has 0 fully saturated rings. The van der Waals surface area contributed by atoms with Crippen molar-refractivity contribution in [2.45, 2.75) is 72.0 Å². The summed E-state index contributed by atoms with van der Waals surface area (Å²) in [6.45, 7) is 10.3. The summed E-state index contributed by atoms with van der Waals surface area (Å²) in [6.07, 6.45) is 1.33. The third kappa shape index (κ3) is 7.56. The van der Waals surface area contributed by atoms with Crippen molar-refractivity contribution in [2.24, 2.45) is 0 Å². The average molecular weight is 459 g/mol. The molecule has 0 spiro atoms. The molecular formula is C26H35ClN2O3. The van der Waals surface area contributed by atoms with Crippen LogP contribution < -0.4 is 10.1 Å². The summed E-state index contributed by atoms with van der Waals surface area (Å²) in [5.74, 6) is 0.672. The lowest BCUT2D eigenvalue weighted by Crippen LogP contribution is -2.51. The molecule has 32 heavy (non-hydrogen) atoms. The van der Waals surface area contributed by atoms with Crippen molar-refractivity contribution in [1.29, 1.82) is 0 Å². The second kappa shape index (κ2) is 12.5. The van der Waals surface area contributed by atoms with Crippen molar-refractivity contribution in [3.63, 3.8) is 0 Å². The number of amides is 2. The van der Waals surface area contributed by atoms with E-state index in [1.54, 1.807) is 17.0 Å². The van der Waals surface area contributed by atoms with Crippen LogP contribution in [0.5, 0.6) is 5.75 Å². The van der Waals surface area contributed by atoms with Crippen LogP contribution in [0.25, 0.3) is 0 Å². The Hall–Kier alpha value is -2.53. The van der Waals surface area contributed by atoms with Crippen LogP contribution in [0.3, 0.4) is 0 Å². The molecule has 0 aromatic heterocycles. The average Bonchev–Trinajstić information content (AvgIpc) is 2.78. The summed E-state index contributed by atoms with van der Waals surface area (Å²) in [4.78, 5) is 27.8. The van der Waals surface area contributed by atoms with Gasteiger partial charge in [-0.3, -0.25) is 9.59 Å². The van der Waals surface area contributed by atoms with E-state index in [4.69, 9.17) is 16.3 Å². The molecule has 0 aliphatic carbocycles. The van der Waals surface area contributed by atoms with Crippen molar-refractivity contribution >= 4 is 23.4 Å². The number of hydrogen-bond donors (Lipinski definition) is 1. The predicted octanol–water partition coefficient (Wildman–Crippen LogP) is 5.56. The minimum atomic E-state index is -0.584. The zero-order chi connectivity index (χ0) is 23.7. The second-order valence-electron chi connectivity index (χ2n) is 8.40. The summed E-state index contributed by atoms with van der Waals surface area (Å²) in [7, 11) is 0. The first kappa shape index (κ1) is 25.7. The standard InChI is InChI=1S/C26H35ClN2O3/c1-6-19(5)28-26(31)24(7-2)29(16-20-8-12-22(27)13-9-20)25(30)17-32-23-14-10-21(11-15-23)18(3)4/h8-15,18-19,24H,6-7,16-17H2,1-5H3,(H,28,31)/t19-,24+/m1/s1. The Morgan fingerprint density at radius 2 is 1.59 bits per heavy atom. The van der Waals surface area contributed by atoms with Crippen molar-refractivity contribution in [2.75, 3.05) is 6.61 Å². The lowest BCUT2D eigenvalue weighted by Gasteiger charge is -2.31. The molecule has 0 saturated carbocycles. The first-order chi connectivity index (χ1) is 15.2. The molecule has 0 unspecified atom stereocenters. The Bertz CT molecular complexity index is 866. The number of rotatable bonds is 11. The van der Waals surface area contributed by atoms with Crippen LogP contribution in [-0.2, 0) is 16.1 Å². The van der Waals surface area contributed by atoms with Crippen LogP contribution in [0.4, 0.5) is 0 Å². The molecule has 0 heterocycles. The maximum atomic E-state index is 13.2. The van der Waals surface area contributed by atoms with E-state index in [1.165, 1.54) is 5.56 Å². The molecule has 174 valence electrons. The van der Waals surface area contributed by atoms with Gasteiger partial charge in [-0.2, -0.15) is 0 Å². The molecule has 2 amide bonds. The maximum Gasteiger partial charge on any atom is 0.261 e. The smallest absolute Gasteiger partial charge is 0.261 e. The Balaban J connectivity index is 2.18. The molecule has 2 atom stereocenters. The van der Waals surface area contributed by atoms with Gasteiger partial charge in [0.25, 0.3) is 5.91 Å². The van der Waals surface area contributed by atoms with E-state index in [9.17, 15) is 9.59 Å². The molecule has 2 rings (SSSR count). The second-order valence-corrected chi connectivity index (χ2v) is 8.84. The Labute approximate surface area is 197 Å². The van der Waals surface area contributed by atoms with Gasteiger partial charge in [-0.1, -0.05) is 63.6 Å². The third-order valence-corrected chi connectivity index (χ3v) is 5.81. The molecule has 2 aromatic rings. The van der Waals surface area contributed by atoms with Crippen molar-refractivity contribution in [1.82, 2.24) is 10.2 Å². The molecule has 2 aromatic carbocycles. The number of carbonyl (C=O) groups excluding carboxylic acids is 2. The minimum Gasteiger partial charge on any atom is -0.484 e. The van der Waals surface area contributed by atoms with Crippen LogP contribution in [-0.4, -0.2) is 35.4 Å². The van der Waals surface area contributed by atoms with E-state index in [1.807, 2.05) is 57.2 Å². The molecule has 0 bridgehead atoms. The summed E-state index contributed by atoms with van der Waals surface area (Å²) >= 11 is 6.01. The molecule has 0 saturated heterocycles. The summed E-state index contributed by atoms with van der Waals surface area (Å²) in [5, 5.41) is 3.63. The first-order valence-electron chi connectivity index (χ1n) is 11.3. The summed E-state index contributed by atoms with van der Waals surface area (Å²) < 4.78 is 5.77. The van der Waals surface area contributed by atoms with E-state index >= 15 is 0 Å². The zero-order valence-corrected chi connectivity index (χ0v) is 20.5. The number of ether oxygens (including phenoxy) is 1. The Morgan fingerprint density at radius 1 is 0.969 bits per heavy atom. The van der Waals surface area contributed by atoms with Gasteiger partial charge >= 0.3 is 0 Å². The lowest BCUT2D eigenvalue weighted by molar-refractivity contribution is -0.143. The van der Waals surface area contributed by atoms with E-state index < -0.39 is 6.04 Å². The molecule has 5 nitrogen and oxygen atoms in total. The highest BCUT2D eigenvalue weighted by atomic mass is 35.5. The van der Waals surface area contributed by atoms with Gasteiger partial charge < -0.3 is 15.0 Å². The molecule has 6 heteroatoms. The molecule has 0 aliphatic rings. The van der Waals surface area contributed by atoms with Crippen LogP contribution in [0.2, 0.25) is 5.02 Å². The zero-order valence-electron chi connectivity index (χ0n) is 19.7. The van der Waals surface area contributed by atoms with Gasteiger partial charge in [0.05, 0.1) is 0 Å². The highest BCUT2D eigenvalue weighted by Crippen LogP contribution is 2.20. The van der Waals surface area contributed by atoms with E-state index in [0.29, 0.717) is 29.7 Å². The van der Waals surface area contributed by atoms with Gasteiger partial charge in [0, 0.05) is 17.6 Å². The number of nitrogens with zero attached hydrogens (tertiary/aromatic N) is 1. The van der Waals surface area contributed by atoms with Crippen LogP contribution in [0.1, 0.15) is 64.5 Å². The molecular weight excluding hydrogens is 424 g/mol. The Kier molecular flexibility index (Phi) is 10.0. The number of nitrogens with one attached hydrogen (secondary N) is 1. The summed E-state index contributed by atoms with van der Waals surface area (Å²) in [5.41, 5.74) is 2.11. The number of halogens is 1. The van der Waals surface area contributed by atoms with Crippen LogP contribution >= 0.6 is 11.6 Å². The quantitative estimate of drug-likeness (QED) is 0.479. The highest BCUT2D eigenvalue weighted by Gasteiger charge is 2.29. The maximum absolute atomic E-state index is 13.2. The first-order valence-corrected chi connectivity index (χ1v) is 11.7. The van der Waals surface area contributed by atoms with Gasteiger partial charge in [-0.05, 0) is 61.1 Å². The van der Waals surface area contributed by atoms with Crippen LogP contribution in [0.15, 0.2) is 48.5 Å². The third-order valence-electron chi connectivity index (χ3n) is 5.56. The normalized spacial score (nSPS) is 12.8. The van der Waals surface area contributed by atoms with E-state index in [2.05, 4.69) is 19.2 Å². The SMILES string of the molecule is CC[C@@H](C)NC(=O)[C@H](CC)N(Cc1ccc(Cl)cc1)C(=O)COc1ccc(C(C)C)cc1. The van der Waals surface area contributed by atoms with Crippen molar-refractivity contribution in [3.05, 3.63) is 64.7 Å². The fourth-order valence-electron chi connectivity index (χ4n) is 3.32. The number of benzene rings is 2. The summed E-state index contributed by atoms with van der Waals surface area (Å²) in [6, 6.07) is 14.5. The largest absolute Gasteiger partial charge is 0.484 e.